The van der Waals surface area contributed by atoms with E-state index in [0.29, 0.717) is 22.1 Å². The van der Waals surface area contributed by atoms with Crippen molar-refractivity contribution in [3.8, 4) is 10.6 Å². The second-order valence-electron chi connectivity index (χ2n) is 8.25. The summed E-state index contributed by atoms with van der Waals surface area (Å²) < 4.78 is 14.8. The fraction of sp³-hybridized carbons (Fsp3) is 0.160. The van der Waals surface area contributed by atoms with Crippen molar-refractivity contribution >= 4 is 40.4 Å². The third-order valence-corrected chi connectivity index (χ3v) is 7.01. The summed E-state index contributed by atoms with van der Waals surface area (Å²) >= 11 is 7.60. The van der Waals surface area contributed by atoms with Crippen LogP contribution in [0.25, 0.3) is 10.6 Å². The van der Waals surface area contributed by atoms with Gasteiger partial charge < -0.3 is 5.32 Å². The van der Waals surface area contributed by atoms with E-state index in [4.69, 9.17) is 11.6 Å². The fourth-order valence-electron chi connectivity index (χ4n) is 4.10. The molecule has 0 bridgehead atoms. The molecular weight excluding hydrogens is 475 g/mol. The molecule has 1 unspecified atom stereocenters. The Morgan fingerprint density at radius 2 is 1.91 bits per heavy atom. The summed E-state index contributed by atoms with van der Waals surface area (Å²) in [5.74, 6) is -1.02. The van der Waals surface area contributed by atoms with E-state index in [-0.39, 0.29) is 30.7 Å². The second kappa shape index (κ2) is 8.70. The van der Waals surface area contributed by atoms with Crippen molar-refractivity contribution in [1.82, 2.24) is 15.1 Å². The summed E-state index contributed by atoms with van der Waals surface area (Å²) in [7, 11) is 0. The highest BCUT2D eigenvalue weighted by molar-refractivity contribution is 7.13. The number of anilines is 1. The van der Waals surface area contributed by atoms with Crippen molar-refractivity contribution in [2.75, 3.05) is 4.90 Å². The molecule has 0 aliphatic carbocycles. The van der Waals surface area contributed by atoms with Gasteiger partial charge in [0.05, 0.1) is 11.4 Å². The van der Waals surface area contributed by atoms with Gasteiger partial charge in [0.25, 0.3) is 5.91 Å². The van der Waals surface area contributed by atoms with Crippen molar-refractivity contribution in [1.29, 1.82) is 0 Å². The van der Waals surface area contributed by atoms with Gasteiger partial charge in [-0.05, 0) is 66.4 Å². The predicted molar refractivity (Wildman–Crippen MR) is 130 cm³/mol. The topological polar surface area (TPSA) is 67.2 Å². The van der Waals surface area contributed by atoms with Gasteiger partial charge in [0.15, 0.2) is 0 Å². The molecule has 34 heavy (non-hydrogen) atoms. The second-order valence-corrected chi connectivity index (χ2v) is 9.63. The molecule has 0 saturated heterocycles. The SMILES string of the molecule is CC1(C(=O)NCc2ccc(F)cc2)Cn2nc(-c3cccs3)cc2C(=O)N1c1ccc(Cl)cc1. The first-order chi connectivity index (χ1) is 16.3. The van der Waals surface area contributed by atoms with Crippen LogP contribution in [0.1, 0.15) is 23.0 Å². The van der Waals surface area contributed by atoms with Crippen LogP contribution in [0, 0.1) is 5.82 Å². The van der Waals surface area contributed by atoms with Gasteiger partial charge in [-0.2, -0.15) is 5.10 Å². The van der Waals surface area contributed by atoms with Crippen LogP contribution in [-0.4, -0.2) is 27.1 Å². The number of nitrogens with one attached hydrogen (secondary N) is 1. The van der Waals surface area contributed by atoms with Gasteiger partial charge in [0.1, 0.15) is 22.7 Å². The molecule has 2 amide bonds. The molecule has 0 saturated carbocycles. The van der Waals surface area contributed by atoms with E-state index < -0.39 is 5.54 Å². The molecule has 9 heteroatoms. The maximum Gasteiger partial charge on any atom is 0.277 e. The van der Waals surface area contributed by atoms with Gasteiger partial charge in [-0.15, -0.1) is 11.3 Å². The maximum absolute atomic E-state index is 13.7. The molecule has 0 radical (unpaired) electrons. The first-order valence-corrected chi connectivity index (χ1v) is 11.9. The number of aromatic nitrogens is 2. The number of carbonyl (C=O) groups is 2. The lowest BCUT2D eigenvalue weighted by atomic mass is 9.94. The lowest BCUT2D eigenvalue weighted by molar-refractivity contribution is -0.126. The van der Waals surface area contributed by atoms with Crippen molar-refractivity contribution in [3.63, 3.8) is 0 Å². The minimum Gasteiger partial charge on any atom is -0.350 e. The number of nitrogens with zero attached hydrogens (tertiary/aromatic N) is 3. The lowest BCUT2D eigenvalue weighted by Gasteiger charge is -2.43. The molecule has 2 aromatic carbocycles. The van der Waals surface area contributed by atoms with E-state index >= 15 is 0 Å². The molecule has 172 valence electrons. The number of amides is 2. The van der Waals surface area contributed by atoms with Crippen LogP contribution in [0.4, 0.5) is 10.1 Å². The molecule has 0 spiro atoms. The Morgan fingerprint density at radius 1 is 1.18 bits per heavy atom. The summed E-state index contributed by atoms with van der Waals surface area (Å²) in [4.78, 5) is 29.7. The monoisotopic (exact) mass is 494 g/mol. The highest BCUT2D eigenvalue weighted by Gasteiger charge is 2.48. The minimum absolute atomic E-state index is 0.164. The molecule has 1 N–H and O–H groups in total. The van der Waals surface area contributed by atoms with Crippen LogP contribution < -0.4 is 10.2 Å². The zero-order chi connectivity index (χ0) is 23.9. The van der Waals surface area contributed by atoms with Gasteiger partial charge in [0, 0.05) is 17.3 Å². The summed E-state index contributed by atoms with van der Waals surface area (Å²) in [5.41, 5.74) is 1.13. The van der Waals surface area contributed by atoms with Gasteiger partial charge >= 0.3 is 0 Å². The van der Waals surface area contributed by atoms with Crippen molar-refractivity contribution < 1.29 is 14.0 Å². The molecule has 1 atom stereocenters. The van der Waals surface area contributed by atoms with Crippen molar-refractivity contribution in [2.45, 2.75) is 25.6 Å². The van der Waals surface area contributed by atoms with E-state index in [0.717, 1.165) is 10.4 Å². The van der Waals surface area contributed by atoms with E-state index in [9.17, 15) is 14.0 Å². The van der Waals surface area contributed by atoms with Crippen LogP contribution in [0.15, 0.2) is 72.1 Å². The Morgan fingerprint density at radius 3 is 2.59 bits per heavy atom. The standard InChI is InChI=1S/C25H20ClFN4O2S/c1-25(24(33)28-14-16-4-8-18(27)9-5-16)15-30-21(13-20(29-30)22-3-2-12-34-22)23(32)31(25)19-10-6-17(26)7-11-19/h2-13H,14-15H2,1H3,(H,28,33). The number of fused-ring (bicyclic) bond motifs is 1. The fourth-order valence-corrected chi connectivity index (χ4v) is 4.90. The summed E-state index contributed by atoms with van der Waals surface area (Å²) in [6, 6.07) is 18.3. The maximum atomic E-state index is 13.7. The Kier molecular flexibility index (Phi) is 5.71. The van der Waals surface area contributed by atoms with Gasteiger partial charge in [-0.1, -0.05) is 29.8 Å². The number of carbonyl (C=O) groups excluding carboxylic acids is 2. The van der Waals surface area contributed by atoms with Gasteiger partial charge in [-0.3, -0.25) is 19.2 Å². The number of hydrogen-bond donors (Lipinski definition) is 1. The number of rotatable bonds is 5. The summed E-state index contributed by atoms with van der Waals surface area (Å²) in [6.07, 6.45) is 0. The van der Waals surface area contributed by atoms with Gasteiger partial charge in [0.2, 0.25) is 5.91 Å². The van der Waals surface area contributed by atoms with Crippen molar-refractivity contribution in [3.05, 3.63) is 94.2 Å². The van der Waals surface area contributed by atoms with Crippen LogP contribution in [0.2, 0.25) is 5.02 Å². The van der Waals surface area contributed by atoms with E-state index in [1.807, 2.05) is 17.5 Å². The Labute approximate surface area is 204 Å². The zero-order valence-electron chi connectivity index (χ0n) is 18.2. The molecule has 1 aliphatic rings. The van der Waals surface area contributed by atoms with Crippen molar-refractivity contribution in [2.24, 2.45) is 0 Å². The third kappa shape index (κ3) is 3.99. The van der Waals surface area contributed by atoms with Crippen LogP contribution >= 0.6 is 22.9 Å². The molecule has 0 fully saturated rings. The molecule has 6 nitrogen and oxygen atoms in total. The third-order valence-electron chi connectivity index (χ3n) is 5.87. The molecule has 2 aromatic heterocycles. The summed E-state index contributed by atoms with van der Waals surface area (Å²) in [6.45, 7) is 2.08. The average Bonchev–Trinajstić information content (AvgIpc) is 3.50. The lowest BCUT2D eigenvalue weighted by Crippen LogP contribution is -2.64. The smallest absolute Gasteiger partial charge is 0.277 e. The van der Waals surface area contributed by atoms with E-state index in [1.54, 1.807) is 54.1 Å². The highest BCUT2D eigenvalue weighted by atomic mass is 35.5. The normalized spacial score (nSPS) is 17.5. The molecule has 5 rings (SSSR count). The van der Waals surface area contributed by atoms with Crippen LogP contribution in [0.3, 0.4) is 0 Å². The molecule has 4 aromatic rings. The predicted octanol–water partition coefficient (Wildman–Crippen LogP) is 5.14. The van der Waals surface area contributed by atoms with Gasteiger partial charge in [-0.25, -0.2) is 4.39 Å². The largest absolute Gasteiger partial charge is 0.350 e. The Balaban J connectivity index is 1.52. The molecule has 3 heterocycles. The first-order valence-electron chi connectivity index (χ1n) is 10.6. The number of hydrogen-bond acceptors (Lipinski definition) is 4. The number of thiophene rings is 1. The highest BCUT2D eigenvalue weighted by Crippen LogP contribution is 2.35. The van der Waals surface area contributed by atoms with Crippen LogP contribution in [-0.2, 0) is 17.9 Å². The number of benzene rings is 2. The Bertz CT molecular complexity index is 1350. The quantitative estimate of drug-likeness (QED) is 0.418. The number of halogens is 2. The molecular formula is C25H20ClFN4O2S. The minimum atomic E-state index is -1.27. The average molecular weight is 495 g/mol. The summed E-state index contributed by atoms with van der Waals surface area (Å²) in [5, 5.41) is 10.0. The van der Waals surface area contributed by atoms with Crippen LogP contribution in [0.5, 0.6) is 0 Å². The Hall–Kier alpha value is -3.49. The van der Waals surface area contributed by atoms with E-state index in [2.05, 4.69) is 10.4 Å². The zero-order valence-corrected chi connectivity index (χ0v) is 19.7. The van der Waals surface area contributed by atoms with E-state index in [1.165, 1.54) is 28.4 Å². The first kappa shape index (κ1) is 22.3. The molecule has 1 aliphatic heterocycles.